The van der Waals surface area contributed by atoms with Crippen molar-refractivity contribution in [3.8, 4) is 0 Å². The Hall–Kier alpha value is -1.40. The molecule has 5 nitrogen and oxygen atoms in total. The van der Waals surface area contributed by atoms with Crippen LogP contribution in [0.1, 0.15) is 23.5 Å². The molecule has 3 N–H and O–H groups in total. The predicted molar refractivity (Wildman–Crippen MR) is 68.5 cm³/mol. The Morgan fingerprint density at radius 3 is 2.83 bits per heavy atom. The molecule has 1 aromatic carbocycles. The van der Waals surface area contributed by atoms with Crippen molar-refractivity contribution < 1.29 is 13.2 Å². The first-order valence-corrected chi connectivity index (χ1v) is 7.55. The molecule has 1 aliphatic carbocycles. The minimum absolute atomic E-state index is 0.0658. The molecule has 1 atom stereocenters. The van der Waals surface area contributed by atoms with Gasteiger partial charge in [0.2, 0.25) is 15.9 Å². The Labute approximate surface area is 106 Å². The number of primary sulfonamides is 1. The van der Waals surface area contributed by atoms with E-state index in [4.69, 9.17) is 5.14 Å². The lowest BCUT2D eigenvalue weighted by molar-refractivity contribution is -0.122. The van der Waals surface area contributed by atoms with Crippen LogP contribution in [0.3, 0.4) is 0 Å². The number of carbonyl (C=O) groups excluding carboxylic acids is 1. The molecule has 0 radical (unpaired) electrons. The van der Waals surface area contributed by atoms with E-state index in [2.05, 4.69) is 5.32 Å². The van der Waals surface area contributed by atoms with Crippen LogP contribution in [0.15, 0.2) is 24.3 Å². The number of benzene rings is 1. The van der Waals surface area contributed by atoms with Crippen LogP contribution in [-0.2, 0) is 21.2 Å². The summed E-state index contributed by atoms with van der Waals surface area (Å²) in [6.45, 7) is 0.0658. The molecule has 0 fully saturated rings. The topological polar surface area (TPSA) is 89.3 Å². The number of rotatable bonds is 4. The molecular weight excluding hydrogens is 252 g/mol. The molecular formula is C12H16N2O3S. The molecule has 2 rings (SSSR count). The van der Waals surface area contributed by atoms with Crippen LogP contribution in [0.5, 0.6) is 0 Å². The van der Waals surface area contributed by atoms with Crippen LogP contribution < -0.4 is 10.5 Å². The number of hydrogen-bond acceptors (Lipinski definition) is 3. The summed E-state index contributed by atoms with van der Waals surface area (Å²) in [4.78, 5) is 11.9. The van der Waals surface area contributed by atoms with E-state index in [1.807, 2.05) is 24.3 Å². The Kier molecular flexibility index (Phi) is 3.68. The lowest BCUT2D eigenvalue weighted by atomic mass is 10.0. The summed E-state index contributed by atoms with van der Waals surface area (Å²) < 4.78 is 21.5. The van der Waals surface area contributed by atoms with Gasteiger partial charge in [-0.15, -0.1) is 0 Å². The number of nitrogens with one attached hydrogen (secondary N) is 1. The van der Waals surface area contributed by atoms with Gasteiger partial charge in [-0.3, -0.25) is 4.79 Å². The summed E-state index contributed by atoms with van der Waals surface area (Å²) in [5.41, 5.74) is 2.25. The molecule has 1 aromatic rings. The predicted octanol–water partition coefficient (Wildman–Crippen LogP) is 0.121. The van der Waals surface area contributed by atoms with Crippen molar-refractivity contribution in [3.05, 3.63) is 35.4 Å². The molecule has 0 aromatic heterocycles. The van der Waals surface area contributed by atoms with Gasteiger partial charge in [0.15, 0.2) is 0 Å². The van der Waals surface area contributed by atoms with Gasteiger partial charge in [0.25, 0.3) is 0 Å². The van der Waals surface area contributed by atoms with Gasteiger partial charge in [0, 0.05) is 6.54 Å². The van der Waals surface area contributed by atoms with Crippen LogP contribution in [0.4, 0.5) is 0 Å². The molecule has 0 saturated carbocycles. The van der Waals surface area contributed by atoms with Gasteiger partial charge < -0.3 is 5.32 Å². The van der Waals surface area contributed by atoms with Crippen LogP contribution in [-0.4, -0.2) is 26.6 Å². The van der Waals surface area contributed by atoms with Gasteiger partial charge >= 0.3 is 0 Å². The average molecular weight is 268 g/mol. The molecule has 0 saturated heterocycles. The Balaban J connectivity index is 1.96. The maximum atomic E-state index is 11.9. The molecule has 18 heavy (non-hydrogen) atoms. The molecule has 98 valence electrons. The standard InChI is InChI=1S/C12H16N2O3S/c13-18(16,17)8-7-14-12(15)11-6-5-9-3-1-2-4-10(9)11/h1-4,11H,5-8H2,(H,14,15)(H2,13,16,17). The van der Waals surface area contributed by atoms with Gasteiger partial charge in [0.1, 0.15) is 0 Å². The van der Waals surface area contributed by atoms with E-state index in [0.29, 0.717) is 0 Å². The van der Waals surface area contributed by atoms with Gasteiger partial charge in [-0.2, -0.15) is 0 Å². The average Bonchev–Trinajstić information content (AvgIpc) is 2.70. The van der Waals surface area contributed by atoms with Crippen molar-refractivity contribution in [2.24, 2.45) is 5.14 Å². The fraction of sp³-hybridized carbons (Fsp3) is 0.417. The SMILES string of the molecule is NS(=O)(=O)CCNC(=O)C1CCc2ccccc21. The first-order valence-electron chi connectivity index (χ1n) is 5.83. The van der Waals surface area contributed by atoms with E-state index < -0.39 is 10.0 Å². The second-order valence-electron chi connectivity index (χ2n) is 4.45. The zero-order valence-corrected chi connectivity index (χ0v) is 10.7. The van der Waals surface area contributed by atoms with Crippen molar-refractivity contribution in [2.45, 2.75) is 18.8 Å². The largest absolute Gasteiger partial charge is 0.354 e. The van der Waals surface area contributed by atoms with E-state index in [1.165, 1.54) is 5.56 Å². The second kappa shape index (κ2) is 5.07. The first-order chi connectivity index (χ1) is 8.47. The fourth-order valence-electron chi connectivity index (χ4n) is 2.27. The summed E-state index contributed by atoms with van der Waals surface area (Å²) in [5, 5.41) is 7.50. The summed E-state index contributed by atoms with van der Waals surface area (Å²) >= 11 is 0. The Bertz CT molecular complexity index is 554. The van der Waals surface area contributed by atoms with E-state index in [-0.39, 0.29) is 24.1 Å². The van der Waals surface area contributed by atoms with Gasteiger partial charge in [-0.05, 0) is 24.0 Å². The minimum Gasteiger partial charge on any atom is -0.354 e. The maximum absolute atomic E-state index is 11.9. The van der Waals surface area contributed by atoms with Crippen molar-refractivity contribution in [1.29, 1.82) is 0 Å². The van der Waals surface area contributed by atoms with Crippen LogP contribution in [0.25, 0.3) is 0 Å². The highest BCUT2D eigenvalue weighted by Gasteiger charge is 2.27. The first kappa shape index (κ1) is 13.0. The van der Waals surface area contributed by atoms with Gasteiger partial charge in [-0.1, -0.05) is 24.3 Å². The third-order valence-corrected chi connectivity index (χ3v) is 3.91. The van der Waals surface area contributed by atoms with E-state index in [0.717, 1.165) is 18.4 Å². The minimum atomic E-state index is -3.52. The van der Waals surface area contributed by atoms with E-state index in [9.17, 15) is 13.2 Å². The number of aryl methyl sites for hydroxylation is 1. The number of fused-ring (bicyclic) bond motifs is 1. The number of hydrogen-bond donors (Lipinski definition) is 2. The van der Waals surface area contributed by atoms with Crippen LogP contribution >= 0.6 is 0 Å². The van der Waals surface area contributed by atoms with Gasteiger partial charge in [0.05, 0.1) is 11.7 Å². The summed E-state index contributed by atoms with van der Waals surface area (Å²) in [5.74, 6) is -0.516. The quantitative estimate of drug-likeness (QED) is 0.813. The zero-order valence-electron chi connectivity index (χ0n) is 9.93. The smallest absolute Gasteiger partial charge is 0.227 e. The highest BCUT2D eigenvalue weighted by atomic mass is 32.2. The lowest BCUT2D eigenvalue weighted by Gasteiger charge is -2.11. The highest BCUT2D eigenvalue weighted by molar-refractivity contribution is 7.89. The second-order valence-corrected chi connectivity index (χ2v) is 6.18. The maximum Gasteiger partial charge on any atom is 0.227 e. The monoisotopic (exact) mass is 268 g/mol. The molecule has 0 spiro atoms. The van der Waals surface area contributed by atoms with Crippen molar-refractivity contribution in [2.75, 3.05) is 12.3 Å². The molecule has 0 heterocycles. The van der Waals surface area contributed by atoms with Crippen LogP contribution in [0.2, 0.25) is 0 Å². The molecule has 0 aliphatic heterocycles. The number of sulfonamides is 1. The molecule has 6 heteroatoms. The summed E-state index contributed by atoms with van der Waals surface area (Å²) in [6, 6.07) is 7.84. The summed E-state index contributed by atoms with van der Waals surface area (Å²) in [7, 11) is -3.52. The van der Waals surface area contributed by atoms with Crippen molar-refractivity contribution in [3.63, 3.8) is 0 Å². The van der Waals surface area contributed by atoms with Crippen molar-refractivity contribution >= 4 is 15.9 Å². The van der Waals surface area contributed by atoms with Gasteiger partial charge in [-0.25, -0.2) is 13.6 Å². The molecule has 1 amide bonds. The fourth-order valence-corrected chi connectivity index (χ4v) is 2.66. The van der Waals surface area contributed by atoms with Crippen molar-refractivity contribution in [1.82, 2.24) is 5.32 Å². The molecule has 1 unspecified atom stereocenters. The lowest BCUT2D eigenvalue weighted by Crippen LogP contribution is -2.34. The molecule has 0 bridgehead atoms. The zero-order chi connectivity index (χ0) is 13.2. The van der Waals surface area contributed by atoms with E-state index in [1.54, 1.807) is 0 Å². The van der Waals surface area contributed by atoms with E-state index >= 15 is 0 Å². The normalized spacial score (nSPS) is 18.4. The third-order valence-electron chi connectivity index (χ3n) is 3.14. The highest BCUT2D eigenvalue weighted by Crippen LogP contribution is 2.32. The number of amides is 1. The number of carbonyl (C=O) groups is 1. The Morgan fingerprint density at radius 1 is 1.39 bits per heavy atom. The Morgan fingerprint density at radius 2 is 2.11 bits per heavy atom. The van der Waals surface area contributed by atoms with Crippen LogP contribution in [0, 0.1) is 0 Å². The number of nitrogens with two attached hydrogens (primary N) is 1. The molecule has 1 aliphatic rings. The summed E-state index contributed by atoms with van der Waals surface area (Å²) in [6.07, 6.45) is 1.67. The third kappa shape index (κ3) is 3.08.